The van der Waals surface area contributed by atoms with Gasteiger partial charge in [-0.1, -0.05) is 38.1 Å². The molecule has 3 rings (SSSR count). The fourth-order valence-electron chi connectivity index (χ4n) is 3.48. The Hall–Kier alpha value is -2.84. The number of carbonyl (C=O) groups excluding carboxylic acids is 1. The standard InChI is InChI=1S/C24H29N3O2/c1-19(2)6-11-24(28)27(13-12-25)23-5-3-4-21(18-23)20-7-9-22(10-8-20)26-14-16-29-17-15-26/h3-5,7-10,18-19H,6,11,13-17H2,1-2H3. The maximum Gasteiger partial charge on any atom is 0.227 e. The molecule has 1 heterocycles. The highest BCUT2D eigenvalue weighted by atomic mass is 16.5. The number of hydrogen-bond donors (Lipinski definition) is 0. The number of anilines is 2. The van der Waals surface area contributed by atoms with E-state index >= 15 is 0 Å². The van der Waals surface area contributed by atoms with Gasteiger partial charge in [0.2, 0.25) is 5.91 Å². The molecule has 2 aromatic carbocycles. The van der Waals surface area contributed by atoms with Crippen molar-refractivity contribution in [1.82, 2.24) is 0 Å². The van der Waals surface area contributed by atoms with Gasteiger partial charge in [0.25, 0.3) is 0 Å². The van der Waals surface area contributed by atoms with Gasteiger partial charge in [-0.05, 0) is 47.7 Å². The third-order valence-electron chi connectivity index (χ3n) is 5.20. The zero-order valence-electron chi connectivity index (χ0n) is 17.3. The highest BCUT2D eigenvalue weighted by Crippen LogP contribution is 2.27. The first kappa shape index (κ1) is 20.9. The van der Waals surface area contributed by atoms with Crippen LogP contribution >= 0.6 is 0 Å². The van der Waals surface area contributed by atoms with Gasteiger partial charge in [-0.15, -0.1) is 0 Å². The number of hydrogen-bond acceptors (Lipinski definition) is 4. The number of benzene rings is 2. The van der Waals surface area contributed by atoms with Crippen LogP contribution in [0.15, 0.2) is 48.5 Å². The zero-order valence-corrected chi connectivity index (χ0v) is 17.3. The van der Waals surface area contributed by atoms with Gasteiger partial charge in [-0.3, -0.25) is 9.69 Å². The molecule has 0 atom stereocenters. The molecule has 1 aliphatic rings. The van der Waals surface area contributed by atoms with Crippen molar-refractivity contribution in [3.63, 3.8) is 0 Å². The van der Waals surface area contributed by atoms with Crippen LogP contribution in [-0.4, -0.2) is 38.8 Å². The van der Waals surface area contributed by atoms with Crippen LogP contribution in [-0.2, 0) is 9.53 Å². The van der Waals surface area contributed by atoms with Gasteiger partial charge in [0.1, 0.15) is 6.54 Å². The van der Waals surface area contributed by atoms with Crippen molar-refractivity contribution < 1.29 is 9.53 Å². The minimum absolute atomic E-state index is 0.0000605. The molecule has 1 fully saturated rings. The van der Waals surface area contributed by atoms with Gasteiger partial charge in [-0.25, -0.2) is 0 Å². The second-order valence-corrected chi connectivity index (χ2v) is 7.77. The lowest BCUT2D eigenvalue weighted by Crippen LogP contribution is -2.36. The second kappa shape index (κ2) is 10.1. The van der Waals surface area contributed by atoms with Crippen molar-refractivity contribution in [1.29, 1.82) is 5.26 Å². The van der Waals surface area contributed by atoms with E-state index in [2.05, 4.69) is 49.1 Å². The van der Waals surface area contributed by atoms with Crippen LogP contribution in [0, 0.1) is 17.2 Å². The highest BCUT2D eigenvalue weighted by Gasteiger charge is 2.17. The maximum absolute atomic E-state index is 12.7. The lowest BCUT2D eigenvalue weighted by Gasteiger charge is -2.29. The summed E-state index contributed by atoms with van der Waals surface area (Å²) in [5.41, 5.74) is 4.10. The number of morpholine rings is 1. The molecular weight excluding hydrogens is 362 g/mol. The van der Waals surface area contributed by atoms with Crippen LogP contribution in [0.1, 0.15) is 26.7 Å². The molecule has 0 aromatic heterocycles. The Labute approximate surface area is 173 Å². The summed E-state index contributed by atoms with van der Waals surface area (Å²) in [7, 11) is 0. The van der Waals surface area contributed by atoms with Gasteiger partial charge in [-0.2, -0.15) is 5.26 Å². The second-order valence-electron chi connectivity index (χ2n) is 7.77. The van der Waals surface area contributed by atoms with E-state index in [0.29, 0.717) is 12.3 Å². The van der Waals surface area contributed by atoms with E-state index in [0.717, 1.165) is 49.5 Å². The zero-order chi connectivity index (χ0) is 20.6. The Morgan fingerprint density at radius 2 is 1.86 bits per heavy atom. The first-order valence-electron chi connectivity index (χ1n) is 10.3. The molecule has 5 nitrogen and oxygen atoms in total. The molecule has 1 saturated heterocycles. The van der Waals surface area contributed by atoms with Gasteiger partial charge < -0.3 is 9.64 Å². The van der Waals surface area contributed by atoms with Crippen molar-refractivity contribution >= 4 is 17.3 Å². The third-order valence-corrected chi connectivity index (χ3v) is 5.20. The molecule has 0 spiro atoms. The SMILES string of the molecule is CC(C)CCC(=O)N(CC#N)c1cccc(-c2ccc(N3CCOCC3)cc2)c1. The fraction of sp³-hybridized carbons (Fsp3) is 0.417. The van der Waals surface area contributed by atoms with Crippen molar-refractivity contribution in [2.45, 2.75) is 26.7 Å². The predicted octanol–water partition coefficient (Wildman–Crippen LogP) is 4.48. The molecule has 0 saturated carbocycles. The molecule has 0 aliphatic carbocycles. The summed E-state index contributed by atoms with van der Waals surface area (Å²) in [6.07, 6.45) is 1.28. The van der Waals surface area contributed by atoms with E-state index < -0.39 is 0 Å². The normalized spacial score (nSPS) is 13.9. The Morgan fingerprint density at radius 1 is 1.14 bits per heavy atom. The first-order valence-corrected chi connectivity index (χ1v) is 10.3. The molecular formula is C24H29N3O2. The molecule has 1 aliphatic heterocycles. The molecule has 5 heteroatoms. The van der Waals surface area contributed by atoms with Crippen molar-refractivity contribution in [3.05, 3.63) is 48.5 Å². The van der Waals surface area contributed by atoms with E-state index in [9.17, 15) is 10.1 Å². The van der Waals surface area contributed by atoms with Gasteiger partial charge >= 0.3 is 0 Å². The van der Waals surface area contributed by atoms with E-state index in [1.54, 1.807) is 4.90 Å². The van der Waals surface area contributed by atoms with E-state index in [1.807, 2.05) is 24.3 Å². The predicted molar refractivity (Wildman–Crippen MR) is 117 cm³/mol. The molecule has 0 N–H and O–H groups in total. The molecule has 1 amide bonds. The van der Waals surface area contributed by atoms with Gasteiger partial charge in [0, 0.05) is 30.9 Å². The quantitative estimate of drug-likeness (QED) is 0.653. The average molecular weight is 392 g/mol. The molecule has 0 radical (unpaired) electrons. The van der Waals surface area contributed by atoms with E-state index in [4.69, 9.17) is 4.74 Å². The maximum atomic E-state index is 12.7. The minimum atomic E-state index is 0.0000605. The lowest BCUT2D eigenvalue weighted by molar-refractivity contribution is -0.118. The summed E-state index contributed by atoms with van der Waals surface area (Å²) >= 11 is 0. The average Bonchev–Trinajstić information content (AvgIpc) is 2.76. The van der Waals surface area contributed by atoms with Crippen LogP contribution in [0.25, 0.3) is 11.1 Å². The molecule has 152 valence electrons. The number of ether oxygens (including phenoxy) is 1. The summed E-state index contributed by atoms with van der Waals surface area (Å²) in [5, 5.41) is 9.21. The van der Waals surface area contributed by atoms with Crippen molar-refractivity contribution in [2.24, 2.45) is 5.92 Å². The number of rotatable bonds is 7. The summed E-state index contributed by atoms with van der Waals surface area (Å²) in [6.45, 7) is 7.63. The van der Waals surface area contributed by atoms with Crippen LogP contribution < -0.4 is 9.80 Å². The third kappa shape index (κ3) is 5.58. The number of amides is 1. The van der Waals surface area contributed by atoms with E-state index in [-0.39, 0.29) is 12.5 Å². The lowest BCUT2D eigenvalue weighted by atomic mass is 10.0. The van der Waals surface area contributed by atoms with Crippen molar-refractivity contribution in [3.8, 4) is 17.2 Å². The van der Waals surface area contributed by atoms with Gasteiger partial charge in [0.05, 0.1) is 19.3 Å². The Balaban J connectivity index is 1.78. The topological polar surface area (TPSA) is 56.6 Å². The van der Waals surface area contributed by atoms with Gasteiger partial charge in [0.15, 0.2) is 0 Å². The first-order chi connectivity index (χ1) is 14.1. The molecule has 0 bridgehead atoms. The molecule has 2 aromatic rings. The summed E-state index contributed by atoms with van der Waals surface area (Å²) in [6, 6.07) is 18.5. The smallest absolute Gasteiger partial charge is 0.227 e. The Morgan fingerprint density at radius 3 is 2.52 bits per heavy atom. The molecule has 0 unspecified atom stereocenters. The Bertz CT molecular complexity index is 849. The Kier molecular flexibility index (Phi) is 7.26. The van der Waals surface area contributed by atoms with Crippen LogP contribution in [0.4, 0.5) is 11.4 Å². The van der Waals surface area contributed by atoms with Crippen LogP contribution in [0.2, 0.25) is 0 Å². The monoisotopic (exact) mass is 391 g/mol. The number of carbonyl (C=O) groups is 1. The summed E-state index contributed by atoms with van der Waals surface area (Å²) in [5.74, 6) is 0.458. The van der Waals surface area contributed by atoms with Crippen LogP contribution in [0.5, 0.6) is 0 Å². The highest BCUT2D eigenvalue weighted by molar-refractivity contribution is 5.94. The number of nitrogens with zero attached hydrogens (tertiary/aromatic N) is 3. The van der Waals surface area contributed by atoms with Crippen LogP contribution in [0.3, 0.4) is 0 Å². The fourth-order valence-corrected chi connectivity index (χ4v) is 3.48. The van der Waals surface area contributed by atoms with E-state index in [1.165, 1.54) is 5.69 Å². The molecule has 29 heavy (non-hydrogen) atoms. The summed E-state index contributed by atoms with van der Waals surface area (Å²) < 4.78 is 5.42. The minimum Gasteiger partial charge on any atom is -0.378 e. The largest absolute Gasteiger partial charge is 0.378 e. The number of nitriles is 1. The van der Waals surface area contributed by atoms with Crippen molar-refractivity contribution in [2.75, 3.05) is 42.6 Å². The summed E-state index contributed by atoms with van der Waals surface area (Å²) in [4.78, 5) is 16.6.